The summed E-state index contributed by atoms with van der Waals surface area (Å²) in [5.41, 5.74) is 2.50. The molecular weight excluding hydrogens is 434 g/mol. The maximum Gasteiger partial charge on any atom is 0.278 e. The first-order valence-electron chi connectivity index (χ1n) is 11.0. The van der Waals surface area contributed by atoms with Gasteiger partial charge in [-0.25, -0.2) is 0 Å². The Hall–Kier alpha value is -4.33. The van der Waals surface area contributed by atoms with Crippen molar-refractivity contribution in [1.82, 2.24) is 9.88 Å². The van der Waals surface area contributed by atoms with Crippen molar-refractivity contribution in [2.45, 2.75) is 13.5 Å². The highest BCUT2D eigenvalue weighted by molar-refractivity contribution is 6.36. The van der Waals surface area contributed by atoms with Crippen LogP contribution in [0.15, 0.2) is 72.7 Å². The average molecular weight is 457 g/mol. The van der Waals surface area contributed by atoms with Crippen molar-refractivity contribution < 1.29 is 23.8 Å². The van der Waals surface area contributed by atoms with E-state index in [0.29, 0.717) is 53.9 Å². The van der Waals surface area contributed by atoms with Gasteiger partial charge in [-0.15, -0.1) is 0 Å². The third-order valence-corrected chi connectivity index (χ3v) is 5.50. The van der Waals surface area contributed by atoms with Gasteiger partial charge in [0.2, 0.25) is 0 Å². The molecule has 0 fully saturated rings. The zero-order chi connectivity index (χ0) is 23.5. The van der Waals surface area contributed by atoms with Gasteiger partial charge in [-0.05, 0) is 48.4 Å². The van der Waals surface area contributed by atoms with Crippen molar-refractivity contribution in [1.29, 1.82) is 0 Å². The molecule has 3 heterocycles. The van der Waals surface area contributed by atoms with E-state index in [1.807, 2.05) is 13.0 Å². The number of rotatable bonds is 7. The molecule has 8 nitrogen and oxygen atoms in total. The second-order valence-electron chi connectivity index (χ2n) is 7.75. The maximum absolute atomic E-state index is 13.5. The third kappa shape index (κ3) is 4.17. The number of nitrogens with one attached hydrogen (secondary N) is 1. The highest BCUT2D eigenvalue weighted by Gasteiger charge is 2.39. The Morgan fingerprint density at radius 2 is 1.79 bits per heavy atom. The van der Waals surface area contributed by atoms with Gasteiger partial charge in [-0.1, -0.05) is 18.2 Å². The normalized spacial score (nSPS) is 15.0. The highest BCUT2D eigenvalue weighted by atomic mass is 16.6. The van der Waals surface area contributed by atoms with Gasteiger partial charge >= 0.3 is 0 Å². The number of anilines is 1. The van der Waals surface area contributed by atoms with E-state index in [1.54, 1.807) is 60.9 Å². The van der Waals surface area contributed by atoms with Crippen LogP contribution in [0, 0.1) is 0 Å². The molecule has 2 amide bonds. The zero-order valence-electron chi connectivity index (χ0n) is 18.6. The van der Waals surface area contributed by atoms with Crippen molar-refractivity contribution in [3.63, 3.8) is 0 Å². The van der Waals surface area contributed by atoms with E-state index in [0.717, 1.165) is 5.56 Å². The molecular formula is C26H23N3O5. The largest absolute Gasteiger partial charge is 0.494 e. The summed E-state index contributed by atoms with van der Waals surface area (Å²) in [6.07, 6.45) is 3.29. The highest BCUT2D eigenvalue weighted by Crippen LogP contribution is 2.36. The summed E-state index contributed by atoms with van der Waals surface area (Å²) in [6.45, 7) is 3.50. The molecule has 34 heavy (non-hydrogen) atoms. The lowest BCUT2D eigenvalue weighted by molar-refractivity contribution is -0.137. The molecule has 0 bridgehead atoms. The van der Waals surface area contributed by atoms with E-state index < -0.39 is 5.91 Å². The van der Waals surface area contributed by atoms with Gasteiger partial charge in [0.1, 0.15) is 24.7 Å². The van der Waals surface area contributed by atoms with Gasteiger partial charge in [-0.3, -0.25) is 19.5 Å². The standard InChI is InChI=1S/C26H23N3O5/c1-2-32-20-8-5-18(6-9-20)23-24(28-19-7-10-21-22(14-19)34-13-12-33-21)26(31)29(25(23)30)16-17-4-3-11-27-15-17/h3-11,14-15,28H,2,12-13,16H2,1H3. The van der Waals surface area contributed by atoms with E-state index >= 15 is 0 Å². The summed E-state index contributed by atoms with van der Waals surface area (Å²) in [7, 11) is 0. The minimum atomic E-state index is -0.410. The average Bonchev–Trinajstić information content (AvgIpc) is 3.09. The second-order valence-corrected chi connectivity index (χ2v) is 7.75. The molecule has 0 radical (unpaired) electrons. The Balaban J connectivity index is 1.51. The molecule has 8 heteroatoms. The number of nitrogens with zero attached hydrogens (tertiary/aromatic N) is 2. The van der Waals surface area contributed by atoms with Gasteiger partial charge in [0.15, 0.2) is 11.5 Å². The van der Waals surface area contributed by atoms with Crippen LogP contribution in [0.5, 0.6) is 17.2 Å². The number of fused-ring (bicyclic) bond motifs is 1. The fraction of sp³-hybridized carbons (Fsp3) is 0.192. The molecule has 2 aliphatic heterocycles. The molecule has 2 aliphatic rings. The van der Waals surface area contributed by atoms with Crippen molar-refractivity contribution in [2.24, 2.45) is 0 Å². The SMILES string of the molecule is CCOc1ccc(C2=C(Nc3ccc4c(c3)OCCO4)C(=O)N(Cc3cccnc3)C2=O)cc1. The van der Waals surface area contributed by atoms with Crippen molar-refractivity contribution in [3.05, 3.63) is 83.8 Å². The maximum atomic E-state index is 13.5. The second kappa shape index (κ2) is 9.27. The Labute approximate surface area is 196 Å². The van der Waals surface area contributed by atoms with Gasteiger partial charge in [-0.2, -0.15) is 0 Å². The monoisotopic (exact) mass is 457 g/mol. The molecule has 2 aromatic carbocycles. The molecule has 0 atom stereocenters. The number of hydrogen-bond donors (Lipinski definition) is 1. The van der Waals surface area contributed by atoms with Crippen LogP contribution < -0.4 is 19.5 Å². The summed E-state index contributed by atoms with van der Waals surface area (Å²) in [5, 5.41) is 3.16. The molecule has 0 spiro atoms. The Kier molecular flexibility index (Phi) is 5.86. The molecule has 0 unspecified atom stereocenters. The van der Waals surface area contributed by atoms with Crippen LogP contribution >= 0.6 is 0 Å². The lowest BCUT2D eigenvalue weighted by atomic mass is 10.0. The Morgan fingerprint density at radius 1 is 1.00 bits per heavy atom. The van der Waals surface area contributed by atoms with E-state index in [1.165, 1.54) is 4.90 Å². The summed E-state index contributed by atoms with van der Waals surface area (Å²) in [6, 6.07) is 16.1. The predicted octanol–water partition coefficient (Wildman–Crippen LogP) is 3.64. The number of pyridine rings is 1. The number of ether oxygens (including phenoxy) is 3. The fourth-order valence-electron chi connectivity index (χ4n) is 3.93. The first kappa shape index (κ1) is 21.5. The first-order valence-corrected chi connectivity index (χ1v) is 11.0. The summed E-state index contributed by atoms with van der Waals surface area (Å²) >= 11 is 0. The quantitative estimate of drug-likeness (QED) is 0.542. The Bertz CT molecular complexity index is 1260. The van der Waals surface area contributed by atoms with Crippen LogP contribution in [0.2, 0.25) is 0 Å². The van der Waals surface area contributed by atoms with Gasteiger partial charge in [0.25, 0.3) is 11.8 Å². The van der Waals surface area contributed by atoms with Crippen LogP contribution in [0.25, 0.3) is 5.57 Å². The van der Waals surface area contributed by atoms with E-state index in [9.17, 15) is 9.59 Å². The smallest absolute Gasteiger partial charge is 0.278 e. The van der Waals surface area contributed by atoms with Gasteiger partial charge in [0, 0.05) is 24.1 Å². The number of hydrogen-bond acceptors (Lipinski definition) is 7. The number of carbonyl (C=O) groups is 2. The van der Waals surface area contributed by atoms with E-state index in [2.05, 4.69) is 10.3 Å². The molecule has 0 saturated heterocycles. The molecule has 5 rings (SSSR count). The first-order chi connectivity index (χ1) is 16.6. The lowest BCUT2D eigenvalue weighted by Crippen LogP contribution is -2.32. The van der Waals surface area contributed by atoms with Crippen LogP contribution in [0.1, 0.15) is 18.1 Å². The van der Waals surface area contributed by atoms with Gasteiger partial charge < -0.3 is 19.5 Å². The predicted molar refractivity (Wildman–Crippen MR) is 125 cm³/mol. The molecule has 0 saturated carbocycles. The number of aromatic nitrogens is 1. The van der Waals surface area contributed by atoms with Crippen LogP contribution in [0.3, 0.4) is 0 Å². The Morgan fingerprint density at radius 3 is 2.53 bits per heavy atom. The molecule has 172 valence electrons. The summed E-state index contributed by atoms with van der Waals surface area (Å²) < 4.78 is 16.8. The zero-order valence-corrected chi connectivity index (χ0v) is 18.6. The van der Waals surface area contributed by atoms with Gasteiger partial charge in [0.05, 0.1) is 18.7 Å². The van der Waals surface area contributed by atoms with Crippen LogP contribution in [-0.4, -0.2) is 41.5 Å². The molecule has 1 N–H and O–H groups in total. The number of imide groups is 1. The number of benzene rings is 2. The minimum absolute atomic E-state index is 0.123. The van der Waals surface area contributed by atoms with Crippen molar-refractivity contribution in [2.75, 3.05) is 25.1 Å². The fourth-order valence-corrected chi connectivity index (χ4v) is 3.93. The molecule has 1 aromatic heterocycles. The van der Waals surface area contributed by atoms with Crippen LogP contribution in [-0.2, 0) is 16.1 Å². The van der Waals surface area contributed by atoms with Crippen LogP contribution in [0.4, 0.5) is 5.69 Å². The number of carbonyl (C=O) groups excluding carboxylic acids is 2. The van der Waals surface area contributed by atoms with Crippen molar-refractivity contribution in [3.8, 4) is 17.2 Å². The molecule has 0 aliphatic carbocycles. The minimum Gasteiger partial charge on any atom is -0.494 e. The summed E-state index contributed by atoms with van der Waals surface area (Å²) in [5.74, 6) is 1.14. The van der Waals surface area contributed by atoms with E-state index in [4.69, 9.17) is 14.2 Å². The topological polar surface area (TPSA) is 90.0 Å². The van der Waals surface area contributed by atoms with Crippen molar-refractivity contribution >= 4 is 23.1 Å². The van der Waals surface area contributed by atoms with E-state index in [-0.39, 0.29) is 18.1 Å². The molecule has 3 aromatic rings. The lowest BCUT2D eigenvalue weighted by Gasteiger charge is -2.19. The number of amides is 2. The summed E-state index contributed by atoms with van der Waals surface area (Å²) in [4.78, 5) is 32.2. The third-order valence-electron chi connectivity index (χ3n) is 5.50.